The second kappa shape index (κ2) is 5.20. The quantitative estimate of drug-likeness (QED) is 0.510. The Labute approximate surface area is 78.6 Å². The number of nitrogens with zero attached hydrogens (tertiary/aromatic N) is 2. The highest BCUT2D eigenvalue weighted by Gasteiger charge is 1.99. The molecule has 2 nitrogen and oxygen atoms in total. The highest BCUT2D eigenvalue weighted by atomic mass is 35.5. The van der Waals surface area contributed by atoms with Crippen LogP contribution in [0.15, 0.2) is 12.4 Å². The molecule has 0 bridgehead atoms. The normalized spacial score (nSPS) is 10.5. The van der Waals surface area contributed by atoms with Crippen LogP contribution in [-0.2, 0) is 13.0 Å². The lowest BCUT2D eigenvalue weighted by Gasteiger charge is -2.02. The van der Waals surface area contributed by atoms with Crippen molar-refractivity contribution < 1.29 is 0 Å². The molecule has 0 fully saturated rings. The Morgan fingerprint density at radius 3 is 3.00 bits per heavy atom. The van der Waals surface area contributed by atoms with Gasteiger partial charge in [0.05, 0.1) is 0 Å². The fourth-order valence-electron chi connectivity index (χ4n) is 1.23. The van der Waals surface area contributed by atoms with Gasteiger partial charge >= 0.3 is 0 Å². The smallest absolute Gasteiger partial charge is 0.108 e. The third-order valence-corrected chi connectivity index (χ3v) is 2.19. The third-order valence-electron chi connectivity index (χ3n) is 1.93. The molecule has 0 saturated heterocycles. The third kappa shape index (κ3) is 2.52. The molecule has 1 aromatic rings. The molecular weight excluding hydrogens is 172 g/mol. The molecule has 68 valence electrons. The van der Waals surface area contributed by atoms with Crippen LogP contribution in [0.5, 0.6) is 0 Å². The van der Waals surface area contributed by atoms with Gasteiger partial charge in [0.2, 0.25) is 0 Å². The van der Waals surface area contributed by atoms with Crippen molar-refractivity contribution >= 4 is 11.6 Å². The molecule has 1 rings (SSSR count). The molecule has 0 amide bonds. The Kier molecular flexibility index (Phi) is 4.15. The van der Waals surface area contributed by atoms with Crippen LogP contribution < -0.4 is 0 Å². The van der Waals surface area contributed by atoms with Gasteiger partial charge in [-0.15, -0.1) is 11.6 Å². The average molecular weight is 187 g/mol. The van der Waals surface area contributed by atoms with E-state index in [4.69, 9.17) is 11.6 Å². The van der Waals surface area contributed by atoms with Crippen LogP contribution >= 0.6 is 11.6 Å². The van der Waals surface area contributed by atoms with E-state index in [0.29, 0.717) is 0 Å². The van der Waals surface area contributed by atoms with Crippen molar-refractivity contribution in [1.29, 1.82) is 0 Å². The lowest BCUT2D eigenvalue weighted by Crippen LogP contribution is -2.00. The summed E-state index contributed by atoms with van der Waals surface area (Å²) in [5, 5.41) is 0. The van der Waals surface area contributed by atoms with Gasteiger partial charge in [0.15, 0.2) is 0 Å². The molecule has 0 spiro atoms. The Bertz CT molecular complexity index is 220. The summed E-state index contributed by atoms with van der Waals surface area (Å²) in [5.74, 6) is 1.94. The molecule has 0 aliphatic carbocycles. The minimum absolute atomic E-state index is 0.757. The van der Waals surface area contributed by atoms with Gasteiger partial charge in [-0.1, -0.05) is 0 Å². The van der Waals surface area contributed by atoms with Gasteiger partial charge in [0, 0.05) is 31.2 Å². The van der Waals surface area contributed by atoms with Crippen molar-refractivity contribution in [3.05, 3.63) is 18.2 Å². The monoisotopic (exact) mass is 186 g/mol. The number of halogens is 1. The van der Waals surface area contributed by atoms with Crippen LogP contribution in [-0.4, -0.2) is 15.4 Å². The van der Waals surface area contributed by atoms with Gasteiger partial charge in [-0.2, -0.15) is 0 Å². The first-order chi connectivity index (χ1) is 5.88. The summed E-state index contributed by atoms with van der Waals surface area (Å²) in [4.78, 5) is 4.28. The molecule has 12 heavy (non-hydrogen) atoms. The molecular formula is C9H15ClN2. The van der Waals surface area contributed by atoms with Crippen LogP contribution in [0.2, 0.25) is 0 Å². The van der Waals surface area contributed by atoms with Crippen LogP contribution in [0.1, 0.15) is 25.6 Å². The minimum atomic E-state index is 0.757. The summed E-state index contributed by atoms with van der Waals surface area (Å²) in [6, 6.07) is 0. The maximum absolute atomic E-state index is 5.59. The van der Waals surface area contributed by atoms with E-state index in [2.05, 4.69) is 16.5 Å². The fraction of sp³-hybridized carbons (Fsp3) is 0.667. The highest BCUT2D eigenvalue weighted by molar-refractivity contribution is 6.17. The maximum atomic E-state index is 5.59. The van der Waals surface area contributed by atoms with Gasteiger partial charge in [0.1, 0.15) is 5.82 Å². The summed E-state index contributed by atoms with van der Waals surface area (Å²) in [7, 11) is 0. The van der Waals surface area contributed by atoms with Crippen LogP contribution in [0.25, 0.3) is 0 Å². The van der Waals surface area contributed by atoms with E-state index < -0.39 is 0 Å². The number of hydrogen-bond acceptors (Lipinski definition) is 1. The number of aromatic nitrogens is 2. The molecule has 0 saturated carbocycles. The molecule has 0 aliphatic rings. The fourth-order valence-corrected chi connectivity index (χ4v) is 1.42. The van der Waals surface area contributed by atoms with Crippen LogP contribution in [0, 0.1) is 0 Å². The van der Waals surface area contributed by atoms with Crippen molar-refractivity contribution in [2.24, 2.45) is 0 Å². The summed E-state index contributed by atoms with van der Waals surface area (Å²) in [5.41, 5.74) is 0. The zero-order valence-corrected chi connectivity index (χ0v) is 8.22. The standard InChI is InChI=1S/C9H15ClN2/c1-2-12-8-7-11-9(12)5-3-4-6-10/h7-8H,2-6H2,1H3. The van der Waals surface area contributed by atoms with Gasteiger partial charge in [0.25, 0.3) is 0 Å². The molecule has 1 heterocycles. The second-order valence-corrected chi connectivity index (χ2v) is 3.15. The van der Waals surface area contributed by atoms with Gasteiger partial charge in [-0.25, -0.2) is 4.98 Å². The van der Waals surface area contributed by atoms with E-state index in [1.165, 1.54) is 5.82 Å². The Hall–Kier alpha value is -0.500. The maximum Gasteiger partial charge on any atom is 0.108 e. The highest BCUT2D eigenvalue weighted by Crippen LogP contribution is 2.03. The van der Waals surface area contributed by atoms with Gasteiger partial charge in [-0.3, -0.25) is 0 Å². The molecule has 0 aliphatic heterocycles. The van der Waals surface area contributed by atoms with E-state index in [-0.39, 0.29) is 0 Å². The number of hydrogen-bond donors (Lipinski definition) is 0. The summed E-state index contributed by atoms with van der Waals surface area (Å²) < 4.78 is 2.17. The molecule has 0 radical (unpaired) electrons. The van der Waals surface area contributed by atoms with E-state index in [9.17, 15) is 0 Å². The van der Waals surface area contributed by atoms with Crippen molar-refractivity contribution in [3.8, 4) is 0 Å². The van der Waals surface area contributed by atoms with Crippen LogP contribution in [0.4, 0.5) is 0 Å². The van der Waals surface area contributed by atoms with Gasteiger partial charge < -0.3 is 4.57 Å². The summed E-state index contributed by atoms with van der Waals surface area (Å²) in [6.45, 7) is 3.14. The molecule has 0 unspecified atom stereocenters. The molecule has 0 aromatic carbocycles. The zero-order chi connectivity index (χ0) is 8.81. The van der Waals surface area contributed by atoms with Crippen molar-refractivity contribution in [1.82, 2.24) is 9.55 Å². The van der Waals surface area contributed by atoms with Crippen molar-refractivity contribution in [2.75, 3.05) is 5.88 Å². The largest absolute Gasteiger partial charge is 0.335 e. The van der Waals surface area contributed by atoms with E-state index in [1.807, 2.05) is 12.4 Å². The number of aryl methyl sites for hydroxylation is 2. The van der Waals surface area contributed by atoms with E-state index in [0.717, 1.165) is 31.7 Å². The minimum Gasteiger partial charge on any atom is -0.335 e. The predicted molar refractivity (Wildman–Crippen MR) is 51.6 cm³/mol. The first kappa shape index (κ1) is 9.59. The van der Waals surface area contributed by atoms with Crippen LogP contribution in [0.3, 0.4) is 0 Å². The molecule has 1 aromatic heterocycles. The SMILES string of the molecule is CCn1ccnc1CCCCCl. The first-order valence-corrected chi connectivity index (χ1v) is 4.98. The molecule has 0 atom stereocenters. The lowest BCUT2D eigenvalue weighted by atomic mass is 10.2. The first-order valence-electron chi connectivity index (χ1n) is 4.44. The predicted octanol–water partition coefficient (Wildman–Crippen LogP) is 2.46. The van der Waals surface area contributed by atoms with Gasteiger partial charge in [-0.05, 0) is 19.8 Å². The Balaban J connectivity index is 2.39. The Morgan fingerprint density at radius 2 is 2.33 bits per heavy atom. The number of unbranched alkanes of at least 4 members (excludes halogenated alkanes) is 1. The molecule has 3 heteroatoms. The van der Waals surface area contributed by atoms with Crippen molar-refractivity contribution in [2.45, 2.75) is 32.7 Å². The van der Waals surface area contributed by atoms with E-state index in [1.54, 1.807) is 0 Å². The lowest BCUT2D eigenvalue weighted by molar-refractivity contribution is 0.663. The van der Waals surface area contributed by atoms with Crippen molar-refractivity contribution in [3.63, 3.8) is 0 Å². The zero-order valence-electron chi connectivity index (χ0n) is 7.46. The average Bonchev–Trinajstić information content (AvgIpc) is 2.52. The number of rotatable bonds is 5. The summed E-state index contributed by atoms with van der Waals surface area (Å²) >= 11 is 5.59. The Morgan fingerprint density at radius 1 is 1.50 bits per heavy atom. The topological polar surface area (TPSA) is 17.8 Å². The summed E-state index contributed by atoms with van der Waals surface area (Å²) in [6.07, 6.45) is 7.15. The van der Waals surface area contributed by atoms with E-state index >= 15 is 0 Å². The number of imidazole rings is 1. The second-order valence-electron chi connectivity index (χ2n) is 2.78. The number of alkyl halides is 1. The molecule has 0 N–H and O–H groups in total.